The summed E-state index contributed by atoms with van der Waals surface area (Å²) in [6, 6.07) is 3.25. The molecule has 0 bridgehead atoms. The minimum atomic E-state index is -0.278. The first-order valence-corrected chi connectivity index (χ1v) is 6.35. The van der Waals surface area contributed by atoms with E-state index < -0.39 is 0 Å². The van der Waals surface area contributed by atoms with E-state index in [4.69, 9.17) is 22.5 Å². The zero-order valence-electron chi connectivity index (χ0n) is 11.1. The third kappa shape index (κ3) is 3.00. The van der Waals surface area contributed by atoms with Crippen LogP contribution in [0.2, 0.25) is 0 Å². The Balaban J connectivity index is 2.03. The number of pyridine rings is 1. The molecular formula is C13H14N4O2S. The van der Waals surface area contributed by atoms with Crippen molar-refractivity contribution in [2.75, 3.05) is 0 Å². The lowest BCUT2D eigenvalue weighted by Gasteiger charge is -2.05. The Labute approximate surface area is 121 Å². The van der Waals surface area contributed by atoms with Gasteiger partial charge in [-0.1, -0.05) is 17.4 Å². The minimum absolute atomic E-state index is 0.250. The average Bonchev–Trinajstić information content (AvgIpc) is 2.75. The van der Waals surface area contributed by atoms with Gasteiger partial charge in [0.25, 0.3) is 5.91 Å². The van der Waals surface area contributed by atoms with Crippen LogP contribution in [-0.2, 0) is 6.54 Å². The van der Waals surface area contributed by atoms with Gasteiger partial charge in [0.05, 0.1) is 5.69 Å². The fourth-order valence-corrected chi connectivity index (χ4v) is 1.81. The van der Waals surface area contributed by atoms with Crippen molar-refractivity contribution in [1.29, 1.82) is 0 Å². The van der Waals surface area contributed by atoms with Crippen LogP contribution in [0.25, 0.3) is 0 Å². The Morgan fingerprint density at radius 2 is 2.20 bits per heavy atom. The Kier molecular flexibility index (Phi) is 4.09. The van der Waals surface area contributed by atoms with Gasteiger partial charge in [-0.05, 0) is 26.0 Å². The van der Waals surface area contributed by atoms with E-state index in [2.05, 4.69) is 15.5 Å². The number of aryl methyl sites for hydroxylation is 2. The largest absolute Gasteiger partial charge is 0.389 e. The summed E-state index contributed by atoms with van der Waals surface area (Å²) in [5.41, 5.74) is 8.04. The number of nitrogens with two attached hydrogens (primary N) is 1. The molecule has 0 saturated heterocycles. The van der Waals surface area contributed by atoms with Crippen LogP contribution < -0.4 is 11.1 Å². The van der Waals surface area contributed by atoms with E-state index in [1.807, 2.05) is 6.92 Å². The van der Waals surface area contributed by atoms with Gasteiger partial charge in [0.2, 0.25) is 0 Å². The number of hydrogen-bond donors (Lipinski definition) is 2. The second-order valence-electron chi connectivity index (χ2n) is 4.28. The second-order valence-corrected chi connectivity index (χ2v) is 4.72. The molecule has 3 N–H and O–H groups in total. The van der Waals surface area contributed by atoms with Crippen molar-refractivity contribution < 1.29 is 9.32 Å². The molecule has 1 amide bonds. The number of nitrogens with one attached hydrogen (secondary N) is 1. The number of nitrogens with zero attached hydrogens (tertiary/aromatic N) is 2. The van der Waals surface area contributed by atoms with E-state index in [-0.39, 0.29) is 10.9 Å². The van der Waals surface area contributed by atoms with Gasteiger partial charge >= 0.3 is 0 Å². The molecule has 7 heteroatoms. The molecule has 0 aliphatic rings. The lowest BCUT2D eigenvalue weighted by molar-refractivity contribution is 0.0946. The fourth-order valence-electron chi connectivity index (χ4n) is 1.69. The van der Waals surface area contributed by atoms with E-state index >= 15 is 0 Å². The molecule has 0 saturated carbocycles. The zero-order chi connectivity index (χ0) is 14.7. The number of rotatable bonds is 4. The highest BCUT2D eigenvalue weighted by atomic mass is 32.1. The zero-order valence-corrected chi connectivity index (χ0v) is 12.0. The summed E-state index contributed by atoms with van der Waals surface area (Å²) < 4.78 is 5.03. The highest BCUT2D eigenvalue weighted by Gasteiger charge is 2.12. The van der Waals surface area contributed by atoms with Crippen molar-refractivity contribution in [3.63, 3.8) is 0 Å². The standard InChI is InChI=1S/C13H14N4O2S/c1-7-10(8(2)19-17-7)6-16-13(18)11-4-3-9(5-15-11)12(14)20/h3-5H,6H2,1-2H3,(H2,14,20)(H,16,18). The molecule has 2 aromatic heterocycles. The van der Waals surface area contributed by atoms with Crippen LogP contribution in [0.15, 0.2) is 22.9 Å². The maximum atomic E-state index is 12.0. The quantitative estimate of drug-likeness (QED) is 0.823. The predicted molar refractivity (Wildman–Crippen MR) is 77.3 cm³/mol. The number of carbonyl (C=O) groups is 1. The SMILES string of the molecule is Cc1noc(C)c1CNC(=O)c1ccc(C(N)=S)cn1. The first-order chi connectivity index (χ1) is 9.49. The number of aromatic nitrogens is 2. The molecule has 6 nitrogen and oxygen atoms in total. The average molecular weight is 290 g/mol. The number of carbonyl (C=O) groups excluding carboxylic acids is 1. The van der Waals surface area contributed by atoms with Crippen LogP contribution >= 0.6 is 12.2 Å². The van der Waals surface area contributed by atoms with Gasteiger partial charge in [0.15, 0.2) is 0 Å². The summed E-state index contributed by atoms with van der Waals surface area (Å²) >= 11 is 4.82. The molecule has 0 radical (unpaired) electrons. The normalized spacial score (nSPS) is 10.3. The minimum Gasteiger partial charge on any atom is -0.389 e. The van der Waals surface area contributed by atoms with Crippen LogP contribution in [0.5, 0.6) is 0 Å². The number of amides is 1. The maximum absolute atomic E-state index is 12.0. The molecule has 0 aliphatic heterocycles. The third-order valence-corrected chi connectivity index (χ3v) is 3.12. The Morgan fingerprint density at radius 1 is 1.45 bits per heavy atom. The monoisotopic (exact) mass is 290 g/mol. The van der Waals surface area contributed by atoms with Crippen LogP contribution in [0, 0.1) is 13.8 Å². The van der Waals surface area contributed by atoms with E-state index in [0.717, 1.165) is 11.3 Å². The summed E-state index contributed by atoms with van der Waals surface area (Å²) in [7, 11) is 0. The summed E-state index contributed by atoms with van der Waals surface area (Å²) in [4.78, 5) is 16.2. The molecule has 0 fully saturated rings. The van der Waals surface area contributed by atoms with Crippen LogP contribution in [0.1, 0.15) is 33.1 Å². The fraction of sp³-hybridized carbons (Fsp3) is 0.231. The predicted octanol–water partition coefficient (Wildman–Crippen LogP) is 1.25. The molecule has 0 atom stereocenters. The van der Waals surface area contributed by atoms with Crippen molar-refractivity contribution in [3.8, 4) is 0 Å². The second kappa shape index (κ2) is 5.79. The van der Waals surface area contributed by atoms with E-state index in [9.17, 15) is 4.79 Å². The van der Waals surface area contributed by atoms with Crippen molar-refractivity contribution in [2.45, 2.75) is 20.4 Å². The molecular weight excluding hydrogens is 276 g/mol. The van der Waals surface area contributed by atoms with Gasteiger partial charge in [0, 0.05) is 23.9 Å². The molecule has 2 heterocycles. The number of thiocarbonyl (C=S) groups is 1. The van der Waals surface area contributed by atoms with Gasteiger partial charge in [0.1, 0.15) is 16.4 Å². The topological polar surface area (TPSA) is 94.0 Å². The molecule has 0 spiro atoms. The van der Waals surface area contributed by atoms with Crippen molar-refractivity contribution in [3.05, 3.63) is 46.6 Å². The molecule has 0 aliphatic carbocycles. The summed E-state index contributed by atoms with van der Waals surface area (Å²) in [5.74, 6) is 0.416. The molecule has 2 aromatic rings. The van der Waals surface area contributed by atoms with E-state index in [0.29, 0.717) is 23.6 Å². The van der Waals surface area contributed by atoms with Crippen molar-refractivity contribution in [1.82, 2.24) is 15.5 Å². The smallest absolute Gasteiger partial charge is 0.270 e. The summed E-state index contributed by atoms with van der Waals surface area (Å²) in [6.45, 7) is 3.97. The molecule has 20 heavy (non-hydrogen) atoms. The van der Waals surface area contributed by atoms with Gasteiger partial charge in [-0.3, -0.25) is 9.78 Å². The van der Waals surface area contributed by atoms with Crippen molar-refractivity contribution in [2.24, 2.45) is 5.73 Å². The van der Waals surface area contributed by atoms with Gasteiger partial charge in [-0.15, -0.1) is 0 Å². The lowest BCUT2D eigenvalue weighted by atomic mass is 10.2. The first-order valence-electron chi connectivity index (χ1n) is 5.95. The van der Waals surface area contributed by atoms with Gasteiger partial charge < -0.3 is 15.6 Å². The third-order valence-electron chi connectivity index (χ3n) is 2.89. The molecule has 2 rings (SSSR count). The molecule has 0 aromatic carbocycles. The lowest BCUT2D eigenvalue weighted by Crippen LogP contribution is -2.24. The van der Waals surface area contributed by atoms with Gasteiger partial charge in [-0.2, -0.15) is 0 Å². The highest BCUT2D eigenvalue weighted by Crippen LogP contribution is 2.11. The Bertz CT molecular complexity index is 629. The maximum Gasteiger partial charge on any atom is 0.270 e. The first kappa shape index (κ1) is 14.1. The summed E-state index contributed by atoms with van der Waals surface area (Å²) in [5, 5.41) is 6.59. The van der Waals surface area contributed by atoms with Gasteiger partial charge in [-0.25, -0.2) is 0 Å². The Morgan fingerprint density at radius 3 is 2.70 bits per heavy atom. The molecule has 0 unspecified atom stereocenters. The van der Waals surface area contributed by atoms with E-state index in [1.165, 1.54) is 6.20 Å². The highest BCUT2D eigenvalue weighted by molar-refractivity contribution is 7.80. The number of hydrogen-bond acceptors (Lipinski definition) is 5. The molecule has 104 valence electrons. The van der Waals surface area contributed by atoms with Crippen molar-refractivity contribution >= 4 is 23.1 Å². The summed E-state index contributed by atoms with van der Waals surface area (Å²) in [6.07, 6.45) is 1.48. The van der Waals surface area contributed by atoms with Crippen LogP contribution in [0.3, 0.4) is 0 Å². The van der Waals surface area contributed by atoms with Crippen LogP contribution in [-0.4, -0.2) is 21.0 Å². The Hall–Kier alpha value is -2.28. The van der Waals surface area contributed by atoms with Crippen LogP contribution in [0.4, 0.5) is 0 Å². The van der Waals surface area contributed by atoms with E-state index in [1.54, 1.807) is 19.1 Å².